The van der Waals surface area contributed by atoms with Gasteiger partial charge in [0.1, 0.15) is 11.5 Å². The molecule has 0 unspecified atom stereocenters. The van der Waals surface area contributed by atoms with Crippen LogP contribution in [0.2, 0.25) is 0 Å². The van der Waals surface area contributed by atoms with E-state index in [9.17, 15) is 9.90 Å². The smallest absolute Gasteiger partial charge is 0.193 e. The molecule has 114 valence electrons. The van der Waals surface area contributed by atoms with E-state index in [2.05, 4.69) is 0 Å². The van der Waals surface area contributed by atoms with E-state index in [1.54, 1.807) is 37.4 Å². The summed E-state index contributed by atoms with van der Waals surface area (Å²) >= 11 is 0. The van der Waals surface area contributed by atoms with Gasteiger partial charge in [0.2, 0.25) is 0 Å². The second-order valence-corrected chi connectivity index (χ2v) is 4.98. The number of allylic oxidation sites excluding steroid dienone is 1. The molecule has 0 aliphatic heterocycles. The second kappa shape index (κ2) is 6.94. The lowest BCUT2D eigenvalue weighted by Gasteiger charge is -2.11. The van der Waals surface area contributed by atoms with Crippen molar-refractivity contribution in [2.24, 2.45) is 0 Å². The van der Waals surface area contributed by atoms with Crippen molar-refractivity contribution in [2.45, 2.75) is 20.3 Å². The van der Waals surface area contributed by atoms with Gasteiger partial charge in [-0.1, -0.05) is 19.1 Å². The molecule has 0 aliphatic carbocycles. The topological polar surface area (TPSA) is 46.5 Å². The van der Waals surface area contributed by atoms with Crippen LogP contribution in [-0.4, -0.2) is 18.0 Å². The van der Waals surface area contributed by atoms with E-state index >= 15 is 0 Å². The number of benzene rings is 2. The number of ketones is 1. The van der Waals surface area contributed by atoms with E-state index in [0.717, 1.165) is 17.5 Å². The molecule has 3 heteroatoms. The first kappa shape index (κ1) is 15.8. The summed E-state index contributed by atoms with van der Waals surface area (Å²) in [5.74, 6) is 0.729. The van der Waals surface area contributed by atoms with Crippen molar-refractivity contribution in [1.29, 1.82) is 0 Å². The van der Waals surface area contributed by atoms with Crippen LogP contribution in [0.25, 0.3) is 6.08 Å². The van der Waals surface area contributed by atoms with E-state index in [0.29, 0.717) is 16.9 Å². The molecular weight excluding hydrogens is 276 g/mol. The van der Waals surface area contributed by atoms with E-state index < -0.39 is 0 Å². The zero-order valence-electron chi connectivity index (χ0n) is 13.1. The highest BCUT2D eigenvalue weighted by Crippen LogP contribution is 2.27. The third-order valence-electron chi connectivity index (χ3n) is 3.58. The third-order valence-corrected chi connectivity index (χ3v) is 3.58. The molecule has 0 amide bonds. The van der Waals surface area contributed by atoms with Gasteiger partial charge in [0.05, 0.1) is 7.11 Å². The Morgan fingerprint density at radius 1 is 1.23 bits per heavy atom. The fraction of sp³-hybridized carbons (Fsp3) is 0.211. The van der Waals surface area contributed by atoms with Crippen molar-refractivity contribution in [3.8, 4) is 11.5 Å². The molecule has 2 aromatic carbocycles. The van der Waals surface area contributed by atoms with Crippen molar-refractivity contribution in [3.05, 3.63) is 64.7 Å². The maximum absolute atomic E-state index is 12.7. The van der Waals surface area contributed by atoms with Gasteiger partial charge in [0.15, 0.2) is 5.78 Å². The predicted molar refractivity (Wildman–Crippen MR) is 88.6 cm³/mol. The molecule has 22 heavy (non-hydrogen) atoms. The van der Waals surface area contributed by atoms with Gasteiger partial charge in [0, 0.05) is 16.7 Å². The normalized spacial score (nSPS) is 10.9. The number of aromatic hydroxyl groups is 1. The van der Waals surface area contributed by atoms with Crippen molar-refractivity contribution in [2.75, 3.05) is 7.11 Å². The Hall–Kier alpha value is -2.55. The standard InChI is InChI=1S/C19H20O3/c1-4-6-15-11-13(5-2)17(12-18(15)20)19(21)14-7-9-16(22-3)10-8-14/h4,6-12,20H,5H2,1-3H3/b6-4+. The van der Waals surface area contributed by atoms with Crippen LogP contribution in [0.1, 0.15) is 40.9 Å². The summed E-state index contributed by atoms with van der Waals surface area (Å²) in [6.07, 6.45) is 4.41. The maximum Gasteiger partial charge on any atom is 0.193 e. The van der Waals surface area contributed by atoms with Crippen LogP contribution in [0.5, 0.6) is 11.5 Å². The summed E-state index contributed by atoms with van der Waals surface area (Å²) < 4.78 is 5.10. The molecule has 0 aliphatic rings. The number of phenols is 1. The van der Waals surface area contributed by atoms with Crippen LogP contribution in [-0.2, 0) is 6.42 Å². The molecule has 0 saturated heterocycles. The molecule has 0 saturated carbocycles. The highest BCUT2D eigenvalue weighted by atomic mass is 16.5. The Labute approximate surface area is 130 Å². The molecule has 1 N–H and O–H groups in total. The molecule has 2 aromatic rings. The Bertz CT molecular complexity index is 697. The Morgan fingerprint density at radius 2 is 1.91 bits per heavy atom. The third kappa shape index (κ3) is 3.19. The first-order valence-corrected chi connectivity index (χ1v) is 7.28. The van der Waals surface area contributed by atoms with Crippen LogP contribution >= 0.6 is 0 Å². The highest BCUT2D eigenvalue weighted by molar-refractivity contribution is 6.10. The van der Waals surface area contributed by atoms with Gasteiger partial charge < -0.3 is 9.84 Å². The maximum atomic E-state index is 12.7. The summed E-state index contributed by atoms with van der Waals surface area (Å²) in [5, 5.41) is 10.1. The number of hydrogen-bond acceptors (Lipinski definition) is 3. The molecule has 0 heterocycles. The molecule has 2 rings (SSSR count). The summed E-state index contributed by atoms with van der Waals surface area (Å²) in [7, 11) is 1.59. The minimum atomic E-state index is -0.0955. The van der Waals surface area contributed by atoms with Gasteiger partial charge in [-0.05, 0) is 55.3 Å². The number of aryl methyl sites for hydroxylation is 1. The zero-order valence-corrected chi connectivity index (χ0v) is 13.1. The Kier molecular flexibility index (Phi) is 4.99. The van der Waals surface area contributed by atoms with E-state index in [1.807, 2.05) is 32.1 Å². The first-order chi connectivity index (χ1) is 10.6. The summed E-state index contributed by atoms with van der Waals surface area (Å²) in [6.45, 7) is 3.89. The van der Waals surface area contributed by atoms with E-state index in [1.165, 1.54) is 0 Å². The summed E-state index contributed by atoms with van der Waals surface area (Å²) in [5.41, 5.74) is 2.77. The van der Waals surface area contributed by atoms with Gasteiger partial charge in [-0.3, -0.25) is 4.79 Å². The second-order valence-electron chi connectivity index (χ2n) is 4.98. The fourth-order valence-corrected chi connectivity index (χ4v) is 2.37. The number of carbonyl (C=O) groups excluding carboxylic acids is 1. The van der Waals surface area contributed by atoms with Crippen molar-refractivity contribution < 1.29 is 14.6 Å². The lowest BCUT2D eigenvalue weighted by atomic mass is 9.94. The Morgan fingerprint density at radius 3 is 2.45 bits per heavy atom. The molecule has 0 fully saturated rings. The van der Waals surface area contributed by atoms with Gasteiger partial charge in [0.25, 0.3) is 0 Å². The minimum Gasteiger partial charge on any atom is -0.507 e. The SMILES string of the molecule is C/C=C/c1cc(CC)c(C(=O)c2ccc(OC)cc2)cc1O. The number of hydrogen-bond donors (Lipinski definition) is 1. The molecular formula is C19H20O3. The number of ether oxygens (including phenoxy) is 1. The molecule has 0 atom stereocenters. The van der Waals surface area contributed by atoms with Crippen molar-refractivity contribution >= 4 is 11.9 Å². The average molecular weight is 296 g/mol. The van der Waals surface area contributed by atoms with Crippen molar-refractivity contribution in [3.63, 3.8) is 0 Å². The van der Waals surface area contributed by atoms with Crippen LogP contribution in [0.3, 0.4) is 0 Å². The molecule has 3 nitrogen and oxygen atoms in total. The van der Waals surface area contributed by atoms with Gasteiger partial charge in [-0.2, -0.15) is 0 Å². The average Bonchev–Trinajstić information content (AvgIpc) is 2.56. The van der Waals surface area contributed by atoms with Crippen LogP contribution in [0.15, 0.2) is 42.5 Å². The number of methoxy groups -OCH3 is 1. The minimum absolute atomic E-state index is 0.0955. The van der Waals surface area contributed by atoms with Crippen LogP contribution in [0, 0.1) is 0 Å². The van der Waals surface area contributed by atoms with Gasteiger partial charge >= 0.3 is 0 Å². The monoisotopic (exact) mass is 296 g/mol. The lowest BCUT2D eigenvalue weighted by Crippen LogP contribution is -2.05. The lowest BCUT2D eigenvalue weighted by molar-refractivity contribution is 0.103. The van der Waals surface area contributed by atoms with Crippen LogP contribution in [0.4, 0.5) is 0 Å². The number of rotatable bonds is 5. The predicted octanol–water partition coefficient (Wildman–Crippen LogP) is 4.23. The highest BCUT2D eigenvalue weighted by Gasteiger charge is 2.15. The first-order valence-electron chi connectivity index (χ1n) is 7.28. The number of carbonyl (C=O) groups is 1. The van der Waals surface area contributed by atoms with E-state index in [-0.39, 0.29) is 11.5 Å². The van der Waals surface area contributed by atoms with E-state index in [4.69, 9.17) is 4.74 Å². The fourth-order valence-electron chi connectivity index (χ4n) is 2.37. The molecule has 0 aromatic heterocycles. The molecule has 0 bridgehead atoms. The number of phenolic OH excluding ortho intramolecular Hbond substituents is 1. The summed E-state index contributed by atoms with van der Waals surface area (Å²) in [4.78, 5) is 12.7. The zero-order chi connectivity index (χ0) is 16.1. The quantitative estimate of drug-likeness (QED) is 0.840. The van der Waals surface area contributed by atoms with Crippen molar-refractivity contribution in [1.82, 2.24) is 0 Å². The van der Waals surface area contributed by atoms with Crippen LogP contribution < -0.4 is 4.74 Å². The van der Waals surface area contributed by atoms with Gasteiger partial charge in [-0.15, -0.1) is 0 Å². The van der Waals surface area contributed by atoms with Gasteiger partial charge in [-0.25, -0.2) is 0 Å². The molecule has 0 radical (unpaired) electrons. The Balaban J connectivity index is 2.45. The largest absolute Gasteiger partial charge is 0.507 e. The summed E-state index contributed by atoms with van der Waals surface area (Å²) in [6, 6.07) is 10.4. The molecule has 0 spiro atoms.